The van der Waals surface area contributed by atoms with Gasteiger partial charge in [0.15, 0.2) is 0 Å². The highest BCUT2D eigenvalue weighted by Gasteiger charge is 2.00. The summed E-state index contributed by atoms with van der Waals surface area (Å²) in [5, 5.41) is 17.2. The fraction of sp³-hybridized carbons (Fsp3) is 0.920. The number of allylic oxidation sites excluding steroid dienone is 1. The molecule has 0 aliphatic carbocycles. The van der Waals surface area contributed by atoms with Gasteiger partial charge in [0, 0.05) is 12.5 Å². The third-order valence-electron chi connectivity index (χ3n) is 11.8. The maximum Gasteiger partial charge on any atom is 0.327 e. The van der Waals surface area contributed by atoms with Gasteiger partial charge in [-0.3, -0.25) is 4.79 Å². The molecule has 0 spiro atoms. The van der Waals surface area contributed by atoms with Gasteiger partial charge in [0.05, 0.1) is 0 Å². The molecule has 0 rings (SSSR count). The molecule has 0 unspecified atom stereocenters. The number of carboxylic acid groups (broad SMARTS) is 2. The second-order valence-electron chi connectivity index (χ2n) is 17.2. The van der Waals surface area contributed by atoms with E-state index in [0.29, 0.717) is 6.42 Å². The molecule has 4 heteroatoms. The number of aliphatic carboxylic acids is 2. The van der Waals surface area contributed by atoms with Crippen molar-refractivity contribution in [2.24, 2.45) is 0 Å². The lowest BCUT2D eigenvalue weighted by molar-refractivity contribution is -0.137. The molecule has 2 N–H and O–H groups in total. The van der Waals surface area contributed by atoms with Crippen LogP contribution in [0.15, 0.2) is 12.2 Å². The summed E-state index contributed by atoms with van der Waals surface area (Å²) in [6, 6.07) is 0. The molecular formula is C50H96O4. The average Bonchev–Trinajstić information content (AvgIpc) is 3.15. The normalized spacial score (nSPS) is 11.6. The van der Waals surface area contributed by atoms with Gasteiger partial charge in [-0.15, -0.1) is 0 Å². The van der Waals surface area contributed by atoms with Crippen LogP contribution in [0.2, 0.25) is 0 Å². The minimum Gasteiger partial charge on any atom is -0.481 e. The number of hydrogen-bond acceptors (Lipinski definition) is 2. The lowest BCUT2D eigenvalue weighted by Gasteiger charge is -2.05. The van der Waals surface area contributed by atoms with Crippen LogP contribution in [0.25, 0.3) is 0 Å². The van der Waals surface area contributed by atoms with Crippen LogP contribution < -0.4 is 0 Å². The Bertz CT molecular complexity index is 762. The Hall–Kier alpha value is -1.32. The van der Waals surface area contributed by atoms with Gasteiger partial charge in [-0.1, -0.05) is 276 Å². The van der Waals surface area contributed by atoms with Crippen molar-refractivity contribution in [3.05, 3.63) is 12.2 Å². The van der Waals surface area contributed by atoms with Crippen molar-refractivity contribution in [1.29, 1.82) is 0 Å². The van der Waals surface area contributed by atoms with Gasteiger partial charge in [-0.05, 0) is 19.3 Å². The SMILES string of the molecule is O=C(O)C=CCCCCCCCCCCCCCCCCCCCCCCCCCCCCCCCCCCCCCCCCCCCCCCC(=O)O. The zero-order valence-corrected chi connectivity index (χ0v) is 36.4. The zero-order chi connectivity index (χ0) is 39.1. The van der Waals surface area contributed by atoms with Crippen molar-refractivity contribution in [1.82, 2.24) is 0 Å². The van der Waals surface area contributed by atoms with Gasteiger partial charge in [0.2, 0.25) is 0 Å². The molecule has 0 fully saturated rings. The molecule has 0 radical (unpaired) electrons. The van der Waals surface area contributed by atoms with Crippen molar-refractivity contribution in [3.8, 4) is 0 Å². The van der Waals surface area contributed by atoms with E-state index in [1.807, 2.05) is 0 Å². The first-order valence-electron chi connectivity index (χ1n) is 24.7. The molecule has 0 bridgehead atoms. The van der Waals surface area contributed by atoms with Crippen LogP contribution in [0.3, 0.4) is 0 Å². The molecule has 0 saturated carbocycles. The molecule has 4 nitrogen and oxygen atoms in total. The van der Waals surface area contributed by atoms with Crippen molar-refractivity contribution >= 4 is 11.9 Å². The van der Waals surface area contributed by atoms with Crippen LogP contribution in [0.1, 0.15) is 295 Å². The fourth-order valence-corrected chi connectivity index (χ4v) is 8.15. The number of carbonyl (C=O) groups is 2. The maximum absolute atomic E-state index is 10.5. The van der Waals surface area contributed by atoms with E-state index in [-0.39, 0.29) is 0 Å². The summed E-state index contributed by atoms with van der Waals surface area (Å²) in [6.45, 7) is 0. The second-order valence-corrected chi connectivity index (χ2v) is 17.2. The molecule has 0 aromatic carbocycles. The lowest BCUT2D eigenvalue weighted by atomic mass is 10.0. The molecule has 0 amide bonds. The summed E-state index contributed by atoms with van der Waals surface area (Å²) in [7, 11) is 0. The molecular weight excluding hydrogens is 665 g/mol. The monoisotopic (exact) mass is 761 g/mol. The minimum absolute atomic E-state index is 0.343. The highest BCUT2D eigenvalue weighted by molar-refractivity contribution is 5.79. The van der Waals surface area contributed by atoms with E-state index in [2.05, 4.69) is 0 Å². The minimum atomic E-state index is -0.830. The molecule has 0 aromatic heterocycles. The highest BCUT2D eigenvalue weighted by atomic mass is 16.4. The van der Waals surface area contributed by atoms with E-state index in [9.17, 15) is 9.59 Å². The van der Waals surface area contributed by atoms with E-state index in [0.717, 1.165) is 25.7 Å². The van der Waals surface area contributed by atoms with Crippen LogP contribution >= 0.6 is 0 Å². The van der Waals surface area contributed by atoms with E-state index in [1.165, 1.54) is 269 Å². The summed E-state index contributed by atoms with van der Waals surface area (Å²) >= 11 is 0. The summed E-state index contributed by atoms with van der Waals surface area (Å²) < 4.78 is 0. The first-order chi connectivity index (χ1) is 26.6. The standard InChI is InChI=1S/C50H96O4/c51-49(52)47-45-43-41-39-37-35-33-31-29-27-25-23-21-19-17-15-13-11-9-7-5-3-1-2-4-6-8-10-12-14-16-18-20-22-24-26-28-30-32-34-36-38-40-42-44-46-48-50(53)54/h45,47H,1-44,46,48H2,(H,51,52)(H,53,54). The van der Waals surface area contributed by atoms with Gasteiger partial charge in [0.25, 0.3) is 0 Å². The Kier molecular flexibility index (Phi) is 46.7. The van der Waals surface area contributed by atoms with E-state index in [1.54, 1.807) is 6.08 Å². The first kappa shape index (κ1) is 52.7. The lowest BCUT2D eigenvalue weighted by Crippen LogP contribution is -1.93. The largest absolute Gasteiger partial charge is 0.481 e. The summed E-state index contributed by atoms with van der Waals surface area (Å²) in [5.41, 5.74) is 0. The van der Waals surface area contributed by atoms with Gasteiger partial charge >= 0.3 is 11.9 Å². The number of carboxylic acids is 2. The smallest absolute Gasteiger partial charge is 0.327 e. The second kappa shape index (κ2) is 47.8. The Balaban J connectivity index is 3.07. The van der Waals surface area contributed by atoms with Crippen LogP contribution in [0.5, 0.6) is 0 Å². The summed E-state index contributed by atoms with van der Waals surface area (Å²) in [6.07, 6.45) is 65.6. The van der Waals surface area contributed by atoms with Crippen LogP contribution in [0.4, 0.5) is 0 Å². The van der Waals surface area contributed by atoms with Gasteiger partial charge in [-0.25, -0.2) is 4.79 Å². The van der Waals surface area contributed by atoms with Crippen molar-refractivity contribution in [2.45, 2.75) is 295 Å². The summed E-state index contributed by atoms with van der Waals surface area (Å²) in [4.78, 5) is 20.9. The quantitative estimate of drug-likeness (QED) is 0.0478. The molecule has 0 heterocycles. The molecule has 54 heavy (non-hydrogen) atoms. The maximum atomic E-state index is 10.5. The van der Waals surface area contributed by atoms with Crippen LogP contribution in [-0.2, 0) is 9.59 Å². The number of unbranched alkanes of at least 4 members (excludes halogenated alkanes) is 44. The van der Waals surface area contributed by atoms with E-state index < -0.39 is 11.9 Å². The number of rotatable bonds is 48. The van der Waals surface area contributed by atoms with E-state index in [4.69, 9.17) is 10.2 Å². The molecule has 0 aromatic rings. The third kappa shape index (κ3) is 50.7. The molecule has 320 valence electrons. The highest BCUT2D eigenvalue weighted by Crippen LogP contribution is 2.18. The van der Waals surface area contributed by atoms with Gasteiger partial charge in [-0.2, -0.15) is 0 Å². The van der Waals surface area contributed by atoms with E-state index >= 15 is 0 Å². The van der Waals surface area contributed by atoms with Crippen LogP contribution in [-0.4, -0.2) is 22.2 Å². The number of hydrogen-bond donors (Lipinski definition) is 2. The predicted molar refractivity (Wildman–Crippen MR) is 237 cm³/mol. The molecule has 0 aliphatic heterocycles. The fourth-order valence-electron chi connectivity index (χ4n) is 8.15. The predicted octanol–water partition coefficient (Wildman–Crippen LogP) is 17.7. The molecule has 0 saturated heterocycles. The van der Waals surface area contributed by atoms with Gasteiger partial charge in [0.1, 0.15) is 0 Å². The third-order valence-corrected chi connectivity index (χ3v) is 11.8. The van der Waals surface area contributed by atoms with Crippen molar-refractivity contribution in [2.75, 3.05) is 0 Å². The van der Waals surface area contributed by atoms with Gasteiger partial charge < -0.3 is 10.2 Å². The molecule has 0 aliphatic rings. The average molecular weight is 761 g/mol. The van der Waals surface area contributed by atoms with Crippen molar-refractivity contribution < 1.29 is 19.8 Å². The Morgan fingerprint density at radius 3 is 0.593 bits per heavy atom. The molecule has 0 atom stereocenters. The van der Waals surface area contributed by atoms with Crippen LogP contribution in [0, 0.1) is 0 Å². The summed E-state index contributed by atoms with van der Waals surface area (Å²) in [5.74, 6) is -1.48. The van der Waals surface area contributed by atoms with Crippen molar-refractivity contribution in [3.63, 3.8) is 0 Å². The topological polar surface area (TPSA) is 74.6 Å². The Morgan fingerprint density at radius 2 is 0.426 bits per heavy atom. The Labute approximate surface area is 338 Å². The zero-order valence-electron chi connectivity index (χ0n) is 36.4. The Morgan fingerprint density at radius 1 is 0.259 bits per heavy atom. The first-order valence-corrected chi connectivity index (χ1v) is 24.7.